The minimum absolute atomic E-state index is 0.816. The highest BCUT2D eigenvalue weighted by Gasteiger charge is 2.04. The van der Waals surface area contributed by atoms with Crippen molar-refractivity contribution in [3.05, 3.63) is 42.5 Å². The molecule has 0 saturated heterocycles. The van der Waals surface area contributed by atoms with Gasteiger partial charge in [0.15, 0.2) is 0 Å². The predicted molar refractivity (Wildman–Crippen MR) is 69.4 cm³/mol. The number of hydrogen-bond donors (Lipinski definition) is 1. The van der Waals surface area contributed by atoms with Crippen LogP contribution in [0.3, 0.4) is 0 Å². The molecule has 18 heavy (non-hydrogen) atoms. The van der Waals surface area contributed by atoms with Crippen LogP contribution in [0.4, 0.5) is 5.82 Å². The molecule has 0 radical (unpaired) electrons. The van der Waals surface area contributed by atoms with Crippen LogP contribution in [-0.4, -0.2) is 21.3 Å². The van der Waals surface area contributed by atoms with E-state index in [1.54, 1.807) is 12.5 Å². The van der Waals surface area contributed by atoms with Crippen LogP contribution in [0.1, 0.15) is 5.69 Å². The summed E-state index contributed by atoms with van der Waals surface area (Å²) in [6, 6.07) is 5.81. The van der Waals surface area contributed by atoms with E-state index >= 15 is 0 Å². The maximum atomic E-state index is 5.34. The average Bonchev–Trinajstić information content (AvgIpc) is 2.99. The van der Waals surface area contributed by atoms with E-state index in [1.807, 2.05) is 36.1 Å². The summed E-state index contributed by atoms with van der Waals surface area (Å²) in [7, 11) is 1.95. The van der Waals surface area contributed by atoms with E-state index in [9.17, 15) is 0 Å². The van der Waals surface area contributed by atoms with Crippen LogP contribution in [0.5, 0.6) is 0 Å². The van der Waals surface area contributed by atoms with Crippen LogP contribution >= 0.6 is 0 Å². The molecule has 0 amide bonds. The van der Waals surface area contributed by atoms with Crippen LogP contribution in [0.2, 0.25) is 0 Å². The van der Waals surface area contributed by atoms with Crippen molar-refractivity contribution in [2.45, 2.75) is 6.42 Å². The van der Waals surface area contributed by atoms with Crippen LogP contribution in [-0.2, 0) is 13.5 Å². The highest BCUT2D eigenvalue weighted by Crippen LogP contribution is 2.21. The number of pyridine rings is 1. The van der Waals surface area contributed by atoms with Crippen molar-refractivity contribution in [3.8, 4) is 0 Å². The normalized spacial score (nSPS) is 10.9. The van der Waals surface area contributed by atoms with Crippen LogP contribution < -0.4 is 5.32 Å². The largest absolute Gasteiger partial charge is 0.464 e. The summed E-state index contributed by atoms with van der Waals surface area (Å²) >= 11 is 0. The van der Waals surface area contributed by atoms with Gasteiger partial charge in [0.05, 0.1) is 11.6 Å². The number of fused-ring (bicyclic) bond motifs is 1. The number of rotatable bonds is 4. The van der Waals surface area contributed by atoms with Gasteiger partial charge in [-0.1, -0.05) is 0 Å². The van der Waals surface area contributed by atoms with Crippen LogP contribution in [0, 0.1) is 0 Å². The van der Waals surface area contributed by atoms with Crippen molar-refractivity contribution < 1.29 is 4.42 Å². The Morgan fingerprint density at radius 2 is 2.22 bits per heavy atom. The van der Waals surface area contributed by atoms with Gasteiger partial charge in [-0.15, -0.1) is 0 Å². The van der Waals surface area contributed by atoms with Gasteiger partial charge in [0, 0.05) is 38.1 Å². The van der Waals surface area contributed by atoms with Crippen LogP contribution in [0.15, 0.2) is 41.3 Å². The zero-order valence-electron chi connectivity index (χ0n) is 10.1. The lowest BCUT2D eigenvalue weighted by atomic mass is 10.3. The van der Waals surface area contributed by atoms with Crippen LogP contribution in [0.25, 0.3) is 11.0 Å². The first-order valence-corrected chi connectivity index (χ1v) is 5.87. The lowest BCUT2D eigenvalue weighted by Gasteiger charge is -2.06. The second-order valence-electron chi connectivity index (χ2n) is 4.11. The lowest BCUT2D eigenvalue weighted by Crippen LogP contribution is -2.09. The number of aromatic nitrogens is 3. The number of aryl methyl sites for hydroxylation is 1. The second kappa shape index (κ2) is 4.52. The Morgan fingerprint density at radius 3 is 3.06 bits per heavy atom. The van der Waals surface area contributed by atoms with Gasteiger partial charge >= 0.3 is 0 Å². The van der Waals surface area contributed by atoms with E-state index in [4.69, 9.17) is 4.42 Å². The highest BCUT2D eigenvalue weighted by molar-refractivity contribution is 5.87. The van der Waals surface area contributed by atoms with Gasteiger partial charge in [-0.2, -0.15) is 5.10 Å². The van der Waals surface area contributed by atoms with Gasteiger partial charge in [0.2, 0.25) is 0 Å². The molecule has 0 bridgehead atoms. The average molecular weight is 242 g/mol. The molecule has 0 aliphatic heterocycles. The molecule has 3 aromatic heterocycles. The minimum Gasteiger partial charge on any atom is -0.464 e. The maximum absolute atomic E-state index is 5.34. The fourth-order valence-corrected chi connectivity index (χ4v) is 1.99. The summed E-state index contributed by atoms with van der Waals surface area (Å²) in [5.41, 5.74) is 2.05. The fourth-order valence-electron chi connectivity index (χ4n) is 1.99. The smallest absolute Gasteiger partial charge is 0.139 e. The van der Waals surface area contributed by atoms with E-state index in [1.165, 1.54) is 5.69 Å². The third-order valence-corrected chi connectivity index (χ3v) is 2.98. The summed E-state index contributed by atoms with van der Waals surface area (Å²) in [6.45, 7) is 0.816. The SMILES string of the molecule is Cn1nccc1CCNc1nccc2occc12. The molecule has 0 aromatic carbocycles. The van der Waals surface area contributed by atoms with E-state index in [0.717, 1.165) is 29.8 Å². The summed E-state index contributed by atoms with van der Waals surface area (Å²) in [4.78, 5) is 4.33. The Kier molecular flexibility index (Phi) is 2.72. The Hall–Kier alpha value is -2.30. The van der Waals surface area contributed by atoms with E-state index in [2.05, 4.69) is 15.4 Å². The summed E-state index contributed by atoms with van der Waals surface area (Å²) < 4.78 is 7.22. The standard InChI is InChI=1S/C13H14N4O/c1-17-10(3-8-16-17)2-6-14-13-11-5-9-18-12(11)4-7-15-13/h3-5,7-9H,2,6H2,1H3,(H,14,15). The first-order chi connectivity index (χ1) is 8.84. The van der Waals surface area contributed by atoms with E-state index in [-0.39, 0.29) is 0 Å². The molecule has 0 saturated carbocycles. The van der Waals surface area contributed by atoms with Crippen molar-refractivity contribution in [1.29, 1.82) is 0 Å². The Bertz CT molecular complexity index is 656. The molecule has 0 unspecified atom stereocenters. The molecule has 3 rings (SSSR count). The molecular formula is C13H14N4O. The van der Waals surface area contributed by atoms with Gasteiger partial charge < -0.3 is 9.73 Å². The summed E-state index contributed by atoms with van der Waals surface area (Å²) in [6.07, 6.45) is 6.15. The van der Waals surface area contributed by atoms with Crippen molar-refractivity contribution in [1.82, 2.24) is 14.8 Å². The Labute approximate surface area is 104 Å². The quantitative estimate of drug-likeness (QED) is 0.762. The molecule has 3 heterocycles. The van der Waals surface area contributed by atoms with Crippen molar-refractivity contribution in [2.24, 2.45) is 7.05 Å². The summed E-state index contributed by atoms with van der Waals surface area (Å²) in [5, 5.41) is 8.49. The zero-order chi connectivity index (χ0) is 12.4. The third-order valence-electron chi connectivity index (χ3n) is 2.98. The minimum atomic E-state index is 0.816. The molecule has 3 aromatic rings. The Balaban J connectivity index is 1.70. The molecule has 1 N–H and O–H groups in total. The van der Waals surface area contributed by atoms with Gasteiger partial charge in [-0.3, -0.25) is 4.68 Å². The van der Waals surface area contributed by atoms with Gasteiger partial charge in [0.25, 0.3) is 0 Å². The molecule has 0 aliphatic carbocycles. The molecule has 5 heteroatoms. The first-order valence-electron chi connectivity index (χ1n) is 5.87. The van der Waals surface area contributed by atoms with Crippen molar-refractivity contribution >= 4 is 16.8 Å². The van der Waals surface area contributed by atoms with Crippen molar-refractivity contribution in [2.75, 3.05) is 11.9 Å². The molecular weight excluding hydrogens is 228 g/mol. The number of furan rings is 1. The maximum Gasteiger partial charge on any atom is 0.139 e. The monoisotopic (exact) mass is 242 g/mol. The number of hydrogen-bond acceptors (Lipinski definition) is 4. The predicted octanol–water partition coefficient (Wildman–Crippen LogP) is 2.22. The van der Waals surface area contributed by atoms with E-state index in [0.29, 0.717) is 0 Å². The number of nitrogens with zero attached hydrogens (tertiary/aromatic N) is 3. The topological polar surface area (TPSA) is 55.9 Å². The fraction of sp³-hybridized carbons (Fsp3) is 0.231. The first kappa shape index (κ1) is 10.8. The molecule has 0 aliphatic rings. The number of nitrogens with one attached hydrogen (secondary N) is 1. The van der Waals surface area contributed by atoms with Gasteiger partial charge in [-0.25, -0.2) is 4.98 Å². The van der Waals surface area contributed by atoms with Gasteiger partial charge in [0.1, 0.15) is 11.4 Å². The third kappa shape index (κ3) is 1.95. The molecule has 0 atom stereocenters. The van der Waals surface area contributed by atoms with Gasteiger partial charge in [-0.05, 0) is 18.2 Å². The highest BCUT2D eigenvalue weighted by atomic mass is 16.3. The Morgan fingerprint density at radius 1 is 1.28 bits per heavy atom. The molecule has 92 valence electrons. The molecule has 0 fully saturated rings. The zero-order valence-corrected chi connectivity index (χ0v) is 10.1. The second-order valence-corrected chi connectivity index (χ2v) is 4.11. The van der Waals surface area contributed by atoms with Crippen molar-refractivity contribution in [3.63, 3.8) is 0 Å². The van der Waals surface area contributed by atoms with E-state index < -0.39 is 0 Å². The lowest BCUT2D eigenvalue weighted by molar-refractivity contribution is 0.615. The molecule has 0 spiro atoms. The summed E-state index contributed by atoms with van der Waals surface area (Å²) in [5.74, 6) is 0.864. The molecule has 5 nitrogen and oxygen atoms in total. The number of anilines is 1.